The van der Waals surface area contributed by atoms with E-state index in [1.54, 1.807) is 18.2 Å². The van der Waals surface area contributed by atoms with Crippen LogP contribution in [-0.2, 0) is 16.0 Å². The van der Waals surface area contributed by atoms with Crippen molar-refractivity contribution in [3.05, 3.63) is 53.0 Å². The number of nitrogens with zero attached hydrogens (tertiary/aromatic N) is 1. The second kappa shape index (κ2) is 10.0. The minimum atomic E-state index is -0.698. The summed E-state index contributed by atoms with van der Waals surface area (Å²) >= 11 is 3.47. The largest absolute Gasteiger partial charge is 0.508 e. The third kappa shape index (κ3) is 6.78. The summed E-state index contributed by atoms with van der Waals surface area (Å²) in [6.07, 6.45) is 4.78. The SMILES string of the molecule is C=CCN(C/C=C/COC(=O)OC)Cc1cc(O)ccc1Br. The third-order valence-corrected chi connectivity index (χ3v) is 3.58. The molecule has 0 spiro atoms. The maximum atomic E-state index is 10.8. The van der Waals surface area contributed by atoms with Crippen molar-refractivity contribution in [3.8, 4) is 5.75 Å². The Labute approximate surface area is 139 Å². The Morgan fingerprint density at radius 2 is 2.18 bits per heavy atom. The minimum absolute atomic E-state index is 0.171. The van der Waals surface area contributed by atoms with E-state index in [2.05, 4.69) is 32.1 Å². The molecule has 0 bridgehead atoms. The van der Waals surface area contributed by atoms with E-state index in [9.17, 15) is 9.90 Å². The first-order chi connectivity index (χ1) is 10.6. The van der Waals surface area contributed by atoms with E-state index in [0.717, 1.165) is 10.0 Å². The van der Waals surface area contributed by atoms with E-state index in [-0.39, 0.29) is 12.4 Å². The van der Waals surface area contributed by atoms with E-state index < -0.39 is 6.16 Å². The van der Waals surface area contributed by atoms with Crippen LogP contribution in [0.25, 0.3) is 0 Å². The molecule has 0 aromatic heterocycles. The molecule has 0 atom stereocenters. The Morgan fingerprint density at radius 3 is 2.86 bits per heavy atom. The lowest BCUT2D eigenvalue weighted by molar-refractivity contribution is 0.0817. The van der Waals surface area contributed by atoms with Crippen LogP contribution < -0.4 is 0 Å². The van der Waals surface area contributed by atoms with Crippen molar-refractivity contribution < 1.29 is 19.4 Å². The van der Waals surface area contributed by atoms with Crippen molar-refractivity contribution in [2.24, 2.45) is 0 Å². The monoisotopic (exact) mass is 369 g/mol. The van der Waals surface area contributed by atoms with Gasteiger partial charge in [-0.05, 0) is 29.8 Å². The van der Waals surface area contributed by atoms with Crippen LogP contribution in [0.2, 0.25) is 0 Å². The zero-order valence-electron chi connectivity index (χ0n) is 12.5. The van der Waals surface area contributed by atoms with Crippen LogP contribution in [0.15, 0.2) is 47.5 Å². The summed E-state index contributed by atoms with van der Waals surface area (Å²) in [4.78, 5) is 12.9. The van der Waals surface area contributed by atoms with Crippen LogP contribution in [-0.4, -0.2) is 43.0 Å². The normalized spacial score (nSPS) is 10.9. The van der Waals surface area contributed by atoms with Crippen molar-refractivity contribution in [3.63, 3.8) is 0 Å². The van der Waals surface area contributed by atoms with Crippen molar-refractivity contribution in [2.45, 2.75) is 6.54 Å². The number of halogens is 1. The van der Waals surface area contributed by atoms with E-state index in [1.807, 2.05) is 18.2 Å². The molecule has 1 rings (SSSR count). The van der Waals surface area contributed by atoms with Gasteiger partial charge in [0, 0.05) is 24.1 Å². The third-order valence-electron chi connectivity index (χ3n) is 2.80. The number of rotatable bonds is 8. The summed E-state index contributed by atoms with van der Waals surface area (Å²) in [7, 11) is 1.27. The van der Waals surface area contributed by atoms with Gasteiger partial charge in [-0.2, -0.15) is 0 Å². The Morgan fingerprint density at radius 1 is 1.41 bits per heavy atom. The highest BCUT2D eigenvalue weighted by Crippen LogP contribution is 2.23. The summed E-state index contributed by atoms with van der Waals surface area (Å²) < 4.78 is 10.1. The molecule has 0 radical (unpaired) electrons. The van der Waals surface area contributed by atoms with Gasteiger partial charge in [0.15, 0.2) is 0 Å². The highest BCUT2D eigenvalue weighted by Gasteiger charge is 2.07. The molecule has 0 aliphatic carbocycles. The Bertz CT molecular complexity index is 531. The average Bonchev–Trinajstić information content (AvgIpc) is 2.50. The van der Waals surface area contributed by atoms with Crippen LogP contribution in [0, 0.1) is 0 Å². The van der Waals surface area contributed by atoms with Gasteiger partial charge in [0.25, 0.3) is 0 Å². The molecule has 0 amide bonds. The number of hydrogen-bond donors (Lipinski definition) is 1. The van der Waals surface area contributed by atoms with Gasteiger partial charge in [0.05, 0.1) is 7.11 Å². The quantitative estimate of drug-likeness (QED) is 0.561. The number of aromatic hydroxyl groups is 1. The number of ether oxygens (including phenoxy) is 2. The molecule has 0 saturated heterocycles. The second-order valence-corrected chi connectivity index (χ2v) is 5.35. The molecule has 0 aliphatic rings. The van der Waals surface area contributed by atoms with Gasteiger partial charge in [0.1, 0.15) is 12.4 Å². The van der Waals surface area contributed by atoms with Gasteiger partial charge in [0.2, 0.25) is 0 Å². The molecule has 0 heterocycles. The van der Waals surface area contributed by atoms with Gasteiger partial charge < -0.3 is 14.6 Å². The molecule has 1 N–H and O–H groups in total. The summed E-state index contributed by atoms with van der Waals surface area (Å²) in [6, 6.07) is 5.18. The minimum Gasteiger partial charge on any atom is -0.508 e. The maximum Gasteiger partial charge on any atom is 0.508 e. The topological polar surface area (TPSA) is 59.0 Å². The predicted octanol–water partition coefficient (Wildman–Crippen LogP) is 3.48. The molecule has 1 aromatic rings. The lowest BCUT2D eigenvalue weighted by atomic mass is 10.2. The van der Waals surface area contributed by atoms with Crippen LogP contribution >= 0.6 is 15.9 Å². The van der Waals surface area contributed by atoms with Gasteiger partial charge in [-0.15, -0.1) is 6.58 Å². The molecular formula is C16H20BrNO4. The zero-order chi connectivity index (χ0) is 16.4. The van der Waals surface area contributed by atoms with Crippen molar-refractivity contribution in [1.29, 1.82) is 0 Å². The second-order valence-electron chi connectivity index (χ2n) is 4.50. The first kappa shape index (κ1) is 18.3. The van der Waals surface area contributed by atoms with Crippen molar-refractivity contribution in [1.82, 2.24) is 4.90 Å². The predicted molar refractivity (Wildman–Crippen MR) is 88.8 cm³/mol. The molecule has 0 fully saturated rings. The molecule has 1 aromatic carbocycles. The lowest BCUT2D eigenvalue weighted by Gasteiger charge is -2.19. The molecule has 22 heavy (non-hydrogen) atoms. The Kier molecular flexibility index (Phi) is 8.32. The summed E-state index contributed by atoms with van der Waals surface area (Å²) in [6.45, 7) is 5.94. The van der Waals surface area contributed by atoms with Crippen LogP contribution in [0.4, 0.5) is 4.79 Å². The first-order valence-electron chi connectivity index (χ1n) is 6.73. The fourth-order valence-corrected chi connectivity index (χ4v) is 2.15. The number of hydrogen-bond acceptors (Lipinski definition) is 5. The number of benzene rings is 1. The van der Waals surface area contributed by atoms with E-state index in [0.29, 0.717) is 19.6 Å². The highest BCUT2D eigenvalue weighted by atomic mass is 79.9. The molecule has 5 nitrogen and oxygen atoms in total. The molecule has 120 valence electrons. The lowest BCUT2D eigenvalue weighted by Crippen LogP contribution is -2.23. The maximum absolute atomic E-state index is 10.8. The van der Waals surface area contributed by atoms with E-state index >= 15 is 0 Å². The Hall–Kier alpha value is -1.79. The number of carbonyl (C=O) groups is 1. The van der Waals surface area contributed by atoms with Crippen LogP contribution in [0.5, 0.6) is 5.75 Å². The fourth-order valence-electron chi connectivity index (χ4n) is 1.78. The van der Waals surface area contributed by atoms with Gasteiger partial charge >= 0.3 is 6.16 Å². The molecule has 0 unspecified atom stereocenters. The smallest absolute Gasteiger partial charge is 0.508 e. The zero-order valence-corrected chi connectivity index (χ0v) is 14.1. The number of methoxy groups -OCH3 is 1. The van der Waals surface area contributed by atoms with E-state index in [4.69, 9.17) is 4.74 Å². The van der Waals surface area contributed by atoms with Crippen LogP contribution in [0.1, 0.15) is 5.56 Å². The van der Waals surface area contributed by atoms with E-state index in [1.165, 1.54) is 7.11 Å². The van der Waals surface area contributed by atoms with Gasteiger partial charge in [-0.3, -0.25) is 4.90 Å². The molecule has 6 heteroatoms. The average molecular weight is 370 g/mol. The van der Waals surface area contributed by atoms with Gasteiger partial charge in [-0.25, -0.2) is 4.79 Å². The summed E-state index contributed by atoms with van der Waals surface area (Å²) in [5.41, 5.74) is 0.987. The molecular weight excluding hydrogens is 350 g/mol. The fraction of sp³-hybridized carbons (Fsp3) is 0.312. The number of carbonyl (C=O) groups excluding carboxylic acids is 1. The first-order valence-corrected chi connectivity index (χ1v) is 7.52. The van der Waals surface area contributed by atoms with Crippen molar-refractivity contribution in [2.75, 3.05) is 26.8 Å². The summed E-state index contributed by atoms with van der Waals surface area (Å²) in [5.74, 6) is 0.235. The summed E-state index contributed by atoms with van der Waals surface area (Å²) in [5, 5.41) is 9.57. The standard InChI is InChI=1S/C16H20BrNO4/c1-3-8-18(9-4-5-10-22-16(20)21-2)12-13-11-14(19)6-7-15(13)17/h3-7,11,19H,1,8-10,12H2,2H3/b5-4+. The molecule has 0 aliphatic heterocycles. The van der Waals surface area contributed by atoms with Gasteiger partial charge in [-0.1, -0.05) is 28.1 Å². The number of phenols is 1. The Balaban J connectivity index is 2.54. The molecule has 0 saturated carbocycles. The number of phenolic OH excluding ortho intramolecular Hbond substituents is 1. The highest BCUT2D eigenvalue weighted by molar-refractivity contribution is 9.10. The van der Waals surface area contributed by atoms with Crippen molar-refractivity contribution >= 4 is 22.1 Å². The van der Waals surface area contributed by atoms with Crippen LogP contribution in [0.3, 0.4) is 0 Å².